The molecule has 0 aliphatic heterocycles. The summed E-state index contributed by atoms with van der Waals surface area (Å²) < 4.78 is 42.8. The van der Waals surface area contributed by atoms with Crippen molar-refractivity contribution in [2.45, 2.75) is 20.6 Å². The molecule has 0 fully saturated rings. The molecule has 0 bridgehead atoms. The van der Waals surface area contributed by atoms with Crippen molar-refractivity contribution in [2.75, 3.05) is 0 Å². The number of rotatable bonds is 0. The molecule has 0 spiro atoms. The molecule has 0 saturated carbocycles. The number of aryl methyl sites for hydroxylation is 3. The molecule has 1 heterocycles. The first kappa shape index (κ1) is 2.04. The maximum Gasteiger partial charge on any atom is 0.125 e. The first-order chi connectivity index (χ1) is 6.60. The summed E-state index contributed by atoms with van der Waals surface area (Å²) in [5.74, 6) is 0.148. The second kappa shape index (κ2) is 2.13. The van der Waals surface area contributed by atoms with Crippen LogP contribution in [0.5, 0.6) is 0 Å². The van der Waals surface area contributed by atoms with Crippen LogP contribution in [0.25, 0.3) is 0 Å². The topological polar surface area (TPSA) is 25.8 Å². The SMILES string of the molecule is [2H]C([2H])([2H])c1cc(C([2H])([2H])[2H])nc(C)n1. The van der Waals surface area contributed by atoms with Crippen molar-refractivity contribution >= 4 is 0 Å². The van der Waals surface area contributed by atoms with Gasteiger partial charge in [0.05, 0.1) is 0 Å². The summed E-state index contributed by atoms with van der Waals surface area (Å²) in [6, 6.07) is 1.01. The Morgan fingerprint density at radius 2 is 1.89 bits per heavy atom. The predicted molar refractivity (Wildman–Crippen MR) is 36.2 cm³/mol. The zero-order chi connectivity index (χ0) is 11.9. The molecule has 1 aromatic rings. The second-order valence-electron chi connectivity index (χ2n) is 1.69. The zero-order valence-corrected chi connectivity index (χ0v) is 4.97. The predicted octanol–water partition coefficient (Wildman–Crippen LogP) is 1.40. The number of hydrogen-bond acceptors (Lipinski definition) is 2. The minimum Gasteiger partial charge on any atom is -0.239 e. The largest absolute Gasteiger partial charge is 0.239 e. The maximum atomic E-state index is 7.13. The number of aromatic nitrogens is 2. The van der Waals surface area contributed by atoms with Crippen molar-refractivity contribution in [3.8, 4) is 0 Å². The van der Waals surface area contributed by atoms with Crippen molar-refractivity contribution < 1.29 is 8.22 Å². The number of hydrogen-bond donors (Lipinski definition) is 0. The smallest absolute Gasteiger partial charge is 0.125 e. The molecule has 48 valence electrons. The van der Waals surface area contributed by atoms with E-state index in [-0.39, 0.29) is 17.2 Å². The monoisotopic (exact) mass is 128 g/mol. The molecule has 1 aromatic heterocycles. The second-order valence-corrected chi connectivity index (χ2v) is 1.69. The van der Waals surface area contributed by atoms with Gasteiger partial charge < -0.3 is 0 Å². The fourth-order valence-electron chi connectivity index (χ4n) is 0.568. The number of nitrogens with zero attached hydrogens (tertiary/aromatic N) is 2. The quantitative estimate of drug-likeness (QED) is 0.528. The van der Waals surface area contributed by atoms with E-state index in [0.29, 0.717) is 0 Å². The summed E-state index contributed by atoms with van der Waals surface area (Å²) in [6.07, 6.45) is 0. The fraction of sp³-hybridized carbons (Fsp3) is 0.429. The van der Waals surface area contributed by atoms with Gasteiger partial charge in [-0.05, 0) is 26.7 Å². The lowest BCUT2D eigenvalue weighted by Crippen LogP contribution is -1.91. The van der Waals surface area contributed by atoms with Gasteiger partial charge >= 0.3 is 0 Å². The Bertz CT molecular complexity index is 334. The molecular weight excluding hydrogens is 112 g/mol. The molecule has 0 atom stereocenters. The van der Waals surface area contributed by atoms with E-state index in [0.717, 1.165) is 6.07 Å². The van der Waals surface area contributed by atoms with E-state index in [1.54, 1.807) is 0 Å². The molecule has 0 aromatic carbocycles. The summed E-state index contributed by atoms with van der Waals surface area (Å²) in [6.45, 7) is -3.36. The van der Waals surface area contributed by atoms with E-state index >= 15 is 0 Å². The van der Waals surface area contributed by atoms with Crippen LogP contribution in [0.2, 0.25) is 0 Å². The molecule has 0 amide bonds. The van der Waals surface area contributed by atoms with E-state index in [1.807, 2.05) is 0 Å². The molecule has 0 aliphatic carbocycles. The fourth-order valence-corrected chi connectivity index (χ4v) is 0.568. The minimum atomic E-state index is -2.41. The average Bonchev–Trinajstić information content (AvgIpc) is 1.99. The molecule has 0 aliphatic rings. The molecule has 9 heavy (non-hydrogen) atoms. The van der Waals surface area contributed by atoms with Crippen molar-refractivity contribution in [3.05, 3.63) is 23.3 Å². The highest BCUT2D eigenvalue weighted by atomic mass is 14.9. The molecule has 1 rings (SSSR count). The third kappa shape index (κ3) is 1.49. The summed E-state index contributed by atoms with van der Waals surface area (Å²) >= 11 is 0. The Hall–Kier alpha value is -0.920. The van der Waals surface area contributed by atoms with Crippen LogP contribution in [0, 0.1) is 20.6 Å². The van der Waals surface area contributed by atoms with Gasteiger partial charge in [-0.3, -0.25) is 0 Å². The van der Waals surface area contributed by atoms with Gasteiger partial charge in [-0.1, -0.05) is 0 Å². The van der Waals surface area contributed by atoms with E-state index in [4.69, 9.17) is 8.22 Å². The van der Waals surface area contributed by atoms with Gasteiger partial charge in [-0.25, -0.2) is 9.97 Å². The van der Waals surface area contributed by atoms with Crippen LogP contribution in [0.15, 0.2) is 6.07 Å². The third-order valence-electron chi connectivity index (χ3n) is 0.838. The van der Waals surface area contributed by atoms with Crippen molar-refractivity contribution in [2.24, 2.45) is 0 Å². The molecule has 0 saturated heterocycles. The Labute approximate surface area is 63.4 Å². The standard InChI is InChI=1S/C7H10N2/c1-5-4-6(2)9-7(3)8-5/h4H,1-3H3/i1D3,2D3. The summed E-state index contributed by atoms with van der Waals surface area (Å²) in [7, 11) is 0. The van der Waals surface area contributed by atoms with Gasteiger partial charge in [-0.2, -0.15) is 0 Å². The molecule has 0 N–H and O–H groups in total. The summed E-state index contributed by atoms with van der Waals surface area (Å²) in [4.78, 5) is 7.39. The lowest BCUT2D eigenvalue weighted by Gasteiger charge is -1.95. The van der Waals surface area contributed by atoms with E-state index < -0.39 is 13.7 Å². The highest BCUT2D eigenvalue weighted by Gasteiger charge is 1.90. The molecule has 2 heteroatoms. The highest BCUT2D eigenvalue weighted by Crippen LogP contribution is 1.96. The van der Waals surface area contributed by atoms with Crippen LogP contribution in [-0.4, -0.2) is 9.97 Å². The van der Waals surface area contributed by atoms with E-state index in [1.165, 1.54) is 6.92 Å². The Balaban J connectivity index is 3.30. The highest BCUT2D eigenvalue weighted by molar-refractivity contribution is 5.07. The Morgan fingerprint density at radius 1 is 1.33 bits per heavy atom. The van der Waals surface area contributed by atoms with Gasteiger partial charge in [0.1, 0.15) is 5.82 Å². The van der Waals surface area contributed by atoms with Crippen molar-refractivity contribution in [3.63, 3.8) is 0 Å². The lowest BCUT2D eigenvalue weighted by atomic mass is 10.3. The van der Waals surface area contributed by atoms with Gasteiger partial charge in [0.15, 0.2) is 0 Å². The summed E-state index contributed by atoms with van der Waals surface area (Å²) in [5, 5.41) is 0. The average molecular weight is 128 g/mol. The van der Waals surface area contributed by atoms with Crippen LogP contribution < -0.4 is 0 Å². The molecular formula is C7H10N2. The van der Waals surface area contributed by atoms with Gasteiger partial charge in [-0.15, -0.1) is 0 Å². The van der Waals surface area contributed by atoms with E-state index in [2.05, 4.69) is 9.97 Å². The molecule has 0 unspecified atom stereocenters. The van der Waals surface area contributed by atoms with Crippen molar-refractivity contribution in [1.29, 1.82) is 0 Å². The van der Waals surface area contributed by atoms with Crippen molar-refractivity contribution in [1.82, 2.24) is 9.97 Å². The molecule has 2 nitrogen and oxygen atoms in total. The third-order valence-corrected chi connectivity index (χ3v) is 0.838. The van der Waals surface area contributed by atoms with Crippen LogP contribution >= 0.6 is 0 Å². The minimum absolute atomic E-state index is 0.148. The lowest BCUT2D eigenvalue weighted by molar-refractivity contribution is 0.976. The van der Waals surface area contributed by atoms with Gasteiger partial charge in [0.2, 0.25) is 0 Å². The Morgan fingerprint density at radius 3 is 2.33 bits per heavy atom. The van der Waals surface area contributed by atoms with Crippen LogP contribution in [0.1, 0.15) is 25.4 Å². The first-order valence-electron chi connectivity index (χ1n) is 5.47. The van der Waals surface area contributed by atoms with Crippen LogP contribution in [0.3, 0.4) is 0 Å². The Kier molecular flexibility index (Phi) is 0.484. The van der Waals surface area contributed by atoms with Gasteiger partial charge in [0.25, 0.3) is 0 Å². The maximum absolute atomic E-state index is 7.13. The summed E-state index contributed by atoms with van der Waals surface area (Å²) in [5.41, 5.74) is -0.470. The molecule has 0 radical (unpaired) electrons. The zero-order valence-electron chi connectivity index (χ0n) is 11.0. The van der Waals surface area contributed by atoms with Crippen LogP contribution in [0.4, 0.5) is 0 Å². The first-order valence-corrected chi connectivity index (χ1v) is 2.47. The normalized spacial score (nSPS) is 22.3. The van der Waals surface area contributed by atoms with Crippen LogP contribution in [-0.2, 0) is 0 Å². The van der Waals surface area contributed by atoms with E-state index in [9.17, 15) is 0 Å². The van der Waals surface area contributed by atoms with Gasteiger partial charge in [0, 0.05) is 19.6 Å².